The molecule has 1 amide bonds. The Balaban J connectivity index is 2.02. The number of rotatable bonds is 3. The van der Waals surface area contributed by atoms with Crippen molar-refractivity contribution >= 4 is 21.8 Å². The lowest BCUT2D eigenvalue weighted by Gasteiger charge is -2.31. The van der Waals surface area contributed by atoms with E-state index in [0.29, 0.717) is 13.1 Å². The molecule has 1 aliphatic heterocycles. The van der Waals surface area contributed by atoms with E-state index in [4.69, 9.17) is 5.73 Å². The van der Waals surface area contributed by atoms with E-state index >= 15 is 0 Å². The Kier molecular flexibility index (Phi) is 4.35. The summed E-state index contributed by atoms with van der Waals surface area (Å²) >= 11 is 3.28. The van der Waals surface area contributed by atoms with Gasteiger partial charge in [0.1, 0.15) is 5.82 Å². The molecule has 2 N–H and O–H groups in total. The van der Waals surface area contributed by atoms with Crippen LogP contribution in [0.3, 0.4) is 0 Å². The summed E-state index contributed by atoms with van der Waals surface area (Å²) in [6.07, 6.45) is 1.82. The minimum Gasteiger partial charge on any atom is -0.369 e. The number of carbonyl (C=O) groups is 1. The van der Waals surface area contributed by atoms with Gasteiger partial charge in [-0.2, -0.15) is 0 Å². The number of likely N-dealkylation sites (tertiary alicyclic amines) is 1. The Morgan fingerprint density at radius 1 is 1.50 bits per heavy atom. The Bertz CT molecular complexity index is 432. The highest BCUT2D eigenvalue weighted by Gasteiger charge is 2.23. The number of hydrogen-bond acceptors (Lipinski definition) is 2. The van der Waals surface area contributed by atoms with E-state index in [1.165, 1.54) is 12.1 Å². The zero-order valence-corrected chi connectivity index (χ0v) is 11.6. The smallest absolute Gasteiger partial charge is 0.221 e. The summed E-state index contributed by atoms with van der Waals surface area (Å²) in [6.45, 7) is 2.25. The van der Waals surface area contributed by atoms with Gasteiger partial charge < -0.3 is 5.73 Å². The first-order valence-electron chi connectivity index (χ1n) is 6.01. The molecule has 1 aromatic rings. The van der Waals surface area contributed by atoms with Gasteiger partial charge in [-0.05, 0) is 43.1 Å². The molecule has 98 valence electrons. The first-order valence-corrected chi connectivity index (χ1v) is 6.80. The quantitative estimate of drug-likeness (QED) is 0.930. The number of carbonyl (C=O) groups excluding carboxylic acids is 1. The monoisotopic (exact) mass is 314 g/mol. The lowest BCUT2D eigenvalue weighted by molar-refractivity contribution is -0.123. The number of piperidine rings is 1. The highest BCUT2D eigenvalue weighted by Crippen LogP contribution is 2.20. The third kappa shape index (κ3) is 3.53. The molecule has 18 heavy (non-hydrogen) atoms. The van der Waals surface area contributed by atoms with Crippen molar-refractivity contribution in [3.63, 3.8) is 0 Å². The zero-order chi connectivity index (χ0) is 13.1. The van der Waals surface area contributed by atoms with Gasteiger partial charge in [-0.1, -0.05) is 15.9 Å². The van der Waals surface area contributed by atoms with Gasteiger partial charge in [0.15, 0.2) is 0 Å². The van der Waals surface area contributed by atoms with Gasteiger partial charge in [0.05, 0.1) is 5.92 Å². The van der Waals surface area contributed by atoms with E-state index < -0.39 is 0 Å². The number of halogens is 2. The second-order valence-corrected chi connectivity index (χ2v) is 5.67. The molecule has 1 aromatic carbocycles. The van der Waals surface area contributed by atoms with Crippen molar-refractivity contribution in [1.82, 2.24) is 4.90 Å². The topological polar surface area (TPSA) is 46.3 Å². The van der Waals surface area contributed by atoms with Crippen LogP contribution in [0.1, 0.15) is 18.4 Å². The van der Waals surface area contributed by atoms with Crippen LogP contribution in [-0.4, -0.2) is 23.9 Å². The second kappa shape index (κ2) is 5.80. The van der Waals surface area contributed by atoms with Crippen molar-refractivity contribution in [2.45, 2.75) is 19.4 Å². The standard InChI is InChI=1S/C13H16BrFN2O/c14-11-4-9(5-12(15)6-11)7-17-3-1-2-10(8-17)13(16)18/h4-6,10H,1-3,7-8H2,(H2,16,18). The third-order valence-electron chi connectivity index (χ3n) is 3.24. The lowest BCUT2D eigenvalue weighted by atomic mass is 9.97. The highest BCUT2D eigenvalue weighted by molar-refractivity contribution is 9.10. The van der Waals surface area contributed by atoms with Crippen molar-refractivity contribution in [3.8, 4) is 0 Å². The molecule has 0 spiro atoms. The molecule has 1 saturated heterocycles. The molecule has 3 nitrogen and oxygen atoms in total. The number of primary amides is 1. The van der Waals surface area contributed by atoms with E-state index in [0.717, 1.165) is 29.4 Å². The minimum atomic E-state index is -0.247. The maximum absolute atomic E-state index is 13.3. The summed E-state index contributed by atoms with van der Waals surface area (Å²) in [7, 11) is 0. The Morgan fingerprint density at radius 2 is 2.28 bits per heavy atom. The Hall–Kier alpha value is -0.940. The molecular formula is C13H16BrFN2O. The van der Waals surface area contributed by atoms with Crippen LogP contribution in [0, 0.1) is 11.7 Å². The normalized spacial score (nSPS) is 20.9. The van der Waals surface area contributed by atoms with Gasteiger partial charge in [-0.25, -0.2) is 4.39 Å². The summed E-state index contributed by atoms with van der Waals surface area (Å²) in [5.41, 5.74) is 6.25. The molecular weight excluding hydrogens is 299 g/mol. The van der Waals surface area contributed by atoms with Crippen molar-refractivity contribution in [2.75, 3.05) is 13.1 Å². The first kappa shape index (κ1) is 13.5. The first-order chi connectivity index (χ1) is 8.54. The summed E-state index contributed by atoms with van der Waals surface area (Å²) in [5, 5.41) is 0. The van der Waals surface area contributed by atoms with Crippen molar-refractivity contribution < 1.29 is 9.18 Å². The molecule has 2 rings (SSSR count). The molecule has 0 saturated carbocycles. The number of nitrogens with zero attached hydrogens (tertiary/aromatic N) is 1. The van der Waals surface area contributed by atoms with Gasteiger partial charge in [0, 0.05) is 17.6 Å². The number of amides is 1. The fourth-order valence-corrected chi connectivity index (χ4v) is 2.90. The largest absolute Gasteiger partial charge is 0.369 e. The Morgan fingerprint density at radius 3 is 2.94 bits per heavy atom. The van der Waals surface area contributed by atoms with Gasteiger partial charge in [0.25, 0.3) is 0 Å². The molecule has 5 heteroatoms. The molecule has 1 atom stereocenters. The maximum atomic E-state index is 13.3. The maximum Gasteiger partial charge on any atom is 0.221 e. The molecule has 1 heterocycles. The SMILES string of the molecule is NC(=O)C1CCCN(Cc2cc(F)cc(Br)c2)C1. The van der Waals surface area contributed by atoms with Crippen LogP contribution >= 0.6 is 15.9 Å². The van der Waals surface area contributed by atoms with Crippen molar-refractivity contribution in [3.05, 3.63) is 34.1 Å². The molecule has 1 aliphatic rings. The van der Waals surface area contributed by atoms with Crippen LogP contribution in [0.4, 0.5) is 4.39 Å². The predicted octanol–water partition coefficient (Wildman–Crippen LogP) is 2.29. The Labute approximate surface area is 114 Å². The minimum absolute atomic E-state index is 0.0734. The van der Waals surface area contributed by atoms with E-state index in [-0.39, 0.29) is 17.6 Å². The molecule has 0 bridgehead atoms. The van der Waals surface area contributed by atoms with E-state index in [2.05, 4.69) is 20.8 Å². The molecule has 1 unspecified atom stereocenters. The van der Waals surface area contributed by atoms with Crippen LogP contribution in [0.25, 0.3) is 0 Å². The predicted molar refractivity (Wildman–Crippen MR) is 71.3 cm³/mol. The van der Waals surface area contributed by atoms with E-state index in [1.54, 1.807) is 0 Å². The molecule has 0 aliphatic carbocycles. The summed E-state index contributed by atoms with van der Waals surface area (Å²) < 4.78 is 14.0. The average Bonchev–Trinajstić information content (AvgIpc) is 2.27. The van der Waals surface area contributed by atoms with E-state index in [9.17, 15) is 9.18 Å². The lowest BCUT2D eigenvalue weighted by Crippen LogP contribution is -2.40. The number of benzene rings is 1. The summed E-state index contributed by atoms with van der Waals surface area (Å²) in [5.74, 6) is -0.557. The molecule has 0 radical (unpaired) electrons. The molecule has 0 aromatic heterocycles. The average molecular weight is 315 g/mol. The molecule has 1 fully saturated rings. The van der Waals surface area contributed by atoms with Crippen LogP contribution < -0.4 is 5.73 Å². The van der Waals surface area contributed by atoms with Crippen LogP contribution in [0.15, 0.2) is 22.7 Å². The van der Waals surface area contributed by atoms with Gasteiger partial charge in [0.2, 0.25) is 5.91 Å². The van der Waals surface area contributed by atoms with Crippen LogP contribution in [-0.2, 0) is 11.3 Å². The third-order valence-corrected chi connectivity index (χ3v) is 3.69. The number of hydrogen-bond donors (Lipinski definition) is 1. The van der Waals surface area contributed by atoms with Crippen LogP contribution in [0.5, 0.6) is 0 Å². The highest BCUT2D eigenvalue weighted by atomic mass is 79.9. The zero-order valence-electron chi connectivity index (χ0n) is 10.0. The van der Waals surface area contributed by atoms with Gasteiger partial charge in [-0.15, -0.1) is 0 Å². The van der Waals surface area contributed by atoms with Crippen molar-refractivity contribution in [2.24, 2.45) is 11.7 Å². The van der Waals surface area contributed by atoms with Crippen LogP contribution in [0.2, 0.25) is 0 Å². The fourth-order valence-electron chi connectivity index (χ4n) is 2.39. The second-order valence-electron chi connectivity index (χ2n) is 4.75. The van der Waals surface area contributed by atoms with Gasteiger partial charge >= 0.3 is 0 Å². The fraction of sp³-hybridized carbons (Fsp3) is 0.462. The van der Waals surface area contributed by atoms with Gasteiger partial charge in [-0.3, -0.25) is 9.69 Å². The number of nitrogens with two attached hydrogens (primary N) is 1. The van der Waals surface area contributed by atoms with Crippen molar-refractivity contribution in [1.29, 1.82) is 0 Å². The summed E-state index contributed by atoms with van der Waals surface area (Å²) in [6, 6.07) is 4.86. The summed E-state index contributed by atoms with van der Waals surface area (Å²) in [4.78, 5) is 13.3. The van der Waals surface area contributed by atoms with E-state index in [1.807, 2.05) is 6.07 Å².